The van der Waals surface area contributed by atoms with Gasteiger partial charge in [0.15, 0.2) is 0 Å². The van der Waals surface area contributed by atoms with Gasteiger partial charge in [-0.25, -0.2) is 0 Å². The van der Waals surface area contributed by atoms with Crippen LogP contribution in [0.2, 0.25) is 0 Å². The number of hydrogen-bond acceptors (Lipinski definition) is 1. The molecule has 0 atom stereocenters. The predicted octanol–water partition coefficient (Wildman–Crippen LogP) is 3.99. The van der Waals surface area contributed by atoms with E-state index in [2.05, 4.69) is 20.9 Å². The van der Waals surface area contributed by atoms with E-state index in [9.17, 15) is 13.2 Å². The molecule has 1 rings (SSSR count). The third-order valence-corrected chi connectivity index (χ3v) is 2.21. The van der Waals surface area contributed by atoms with Crippen LogP contribution in [0.1, 0.15) is 31.0 Å². The zero-order valence-electron chi connectivity index (χ0n) is 7.69. The summed E-state index contributed by atoms with van der Waals surface area (Å²) < 4.78 is 38.0. The van der Waals surface area contributed by atoms with Crippen LogP contribution in [-0.2, 0) is 6.18 Å². The third kappa shape index (κ3) is 2.47. The lowest BCUT2D eigenvalue weighted by molar-refractivity contribution is -0.142. The summed E-state index contributed by atoms with van der Waals surface area (Å²) in [5, 5.41) is 0. The van der Waals surface area contributed by atoms with Crippen molar-refractivity contribution >= 4 is 15.9 Å². The van der Waals surface area contributed by atoms with Crippen LogP contribution in [0.5, 0.6) is 0 Å². The largest absolute Gasteiger partial charge is 0.433 e. The van der Waals surface area contributed by atoms with Crippen molar-refractivity contribution in [3.8, 4) is 0 Å². The van der Waals surface area contributed by atoms with Gasteiger partial charge in [-0.05, 0) is 33.5 Å². The minimum Gasteiger partial charge on any atom is -0.250 e. The van der Waals surface area contributed by atoms with E-state index in [1.165, 1.54) is 6.07 Å². The van der Waals surface area contributed by atoms with Crippen molar-refractivity contribution in [1.82, 2.24) is 4.98 Å². The molecule has 0 amide bonds. The van der Waals surface area contributed by atoms with Gasteiger partial charge >= 0.3 is 6.18 Å². The molecule has 0 spiro atoms. The SMILES string of the molecule is CC(C)c1cc(Br)cnc1C(F)(F)F. The van der Waals surface area contributed by atoms with Crippen LogP contribution in [-0.4, -0.2) is 4.98 Å². The predicted molar refractivity (Wildman–Crippen MR) is 51.0 cm³/mol. The van der Waals surface area contributed by atoms with Crippen molar-refractivity contribution < 1.29 is 13.2 Å². The minimum absolute atomic E-state index is 0.198. The average Bonchev–Trinajstić information content (AvgIpc) is 2.01. The van der Waals surface area contributed by atoms with Crippen molar-refractivity contribution in [3.05, 3.63) is 28.0 Å². The second-order valence-electron chi connectivity index (χ2n) is 3.24. The molecule has 1 aromatic rings. The Bertz CT molecular complexity index is 333. The lowest BCUT2D eigenvalue weighted by Gasteiger charge is -2.14. The quantitative estimate of drug-likeness (QED) is 0.750. The molecule has 1 nitrogen and oxygen atoms in total. The Balaban J connectivity index is 3.29. The van der Waals surface area contributed by atoms with E-state index in [-0.39, 0.29) is 11.5 Å². The number of halogens is 4. The maximum absolute atomic E-state index is 12.5. The summed E-state index contributed by atoms with van der Waals surface area (Å²) in [5.41, 5.74) is -0.581. The van der Waals surface area contributed by atoms with Gasteiger partial charge in [-0.15, -0.1) is 0 Å². The molecule has 0 aliphatic carbocycles. The van der Waals surface area contributed by atoms with E-state index in [0.717, 1.165) is 6.20 Å². The van der Waals surface area contributed by atoms with Crippen LogP contribution < -0.4 is 0 Å². The fourth-order valence-electron chi connectivity index (χ4n) is 1.13. The molecule has 5 heteroatoms. The Morgan fingerprint density at radius 1 is 1.36 bits per heavy atom. The molecular formula is C9H9BrF3N. The molecule has 0 aliphatic rings. The summed E-state index contributed by atoms with van der Waals surface area (Å²) in [4.78, 5) is 3.40. The molecule has 0 fully saturated rings. The van der Waals surface area contributed by atoms with Crippen LogP contribution >= 0.6 is 15.9 Å². The van der Waals surface area contributed by atoms with Gasteiger partial charge in [-0.3, -0.25) is 4.98 Å². The first-order chi connectivity index (χ1) is 6.32. The molecule has 14 heavy (non-hydrogen) atoms. The summed E-state index contributed by atoms with van der Waals surface area (Å²) in [6.45, 7) is 3.41. The number of aromatic nitrogens is 1. The normalized spacial score (nSPS) is 12.2. The lowest BCUT2D eigenvalue weighted by Crippen LogP contribution is -2.12. The Labute approximate surface area is 88.5 Å². The smallest absolute Gasteiger partial charge is 0.250 e. The van der Waals surface area contributed by atoms with Gasteiger partial charge in [0.05, 0.1) is 0 Å². The van der Waals surface area contributed by atoms with E-state index in [1.807, 2.05) is 0 Å². The maximum Gasteiger partial charge on any atom is 0.433 e. The summed E-state index contributed by atoms with van der Waals surface area (Å²) >= 11 is 3.10. The van der Waals surface area contributed by atoms with E-state index in [4.69, 9.17) is 0 Å². The van der Waals surface area contributed by atoms with E-state index in [0.29, 0.717) is 4.47 Å². The Hall–Kier alpha value is -0.580. The highest BCUT2D eigenvalue weighted by Gasteiger charge is 2.35. The zero-order chi connectivity index (χ0) is 10.9. The first-order valence-corrected chi connectivity index (χ1v) is 4.84. The fourth-order valence-corrected chi connectivity index (χ4v) is 1.48. The number of pyridine rings is 1. The molecular weight excluding hydrogens is 259 g/mol. The Morgan fingerprint density at radius 3 is 2.36 bits per heavy atom. The molecule has 0 aliphatic heterocycles. The monoisotopic (exact) mass is 267 g/mol. The second-order valence-corrected chi connectivity index (χ2v) is 4.16. The highest BCUT2D eigenvalue weighted by molar-refractivity contribution is 9.10. The lowest BCUT2D eigenvalue weighted by atomic mass is 10.0. The summed E-state index contributed by atoms with van der Waals surface area (Å²) in [6.07, 6.45) is -3.21. The van der Waals surface area contributed by atoms with Gasteiger partial charge < -0.3 is 0 Å². The van der Waals surface area contributed by atoms with Crippen LogP contribution in [0.3, 0.4) is 0 Å². The zero-order valence-corrected chi connectivity index (χ0v) is 9.28. The van der Waals surface area contributed by atoms with Gasteiger partial charge in [0.2, 0.25) is 0 Å². The van der Waals surface area contributed by atoms with E-state index in [1.54, 1.807) is 13.8 Å². The van der Waals surface area contributed by atoms with Crippen molar-refractivity contribution in [1.29, 1.82) is 0 Å². The molecule has 0 saturated carbocycles. The van der Waals surface area contributed by atoms with Crippen LogP contribution in [0.25, 0.3) is 0 Å². The first-order valence-electron chi connectivity index (χ1n) is 4.05. The molecule has 1 aromatic heterocycles. The average molecular weight is 268 g/mol. The number of hydrogen-bond donors (Lipinski definition) is 0. The third-order valence-electron chi connectivity index (χ3n) is 1.77. The highest BCUT2D eigenvalue weighted by Crippen LogP contribution is 2.34. The number of rotatable bonds is 1. The van der Waals surface area contributed by atoms with Gasteiger partial charge in [0.25, 0.3) is 0 Å². The standard InChI is InChI=1S/C9H9BrF3N/c1-5(2)7-3-6(10)4-14-8(7)9(11,12)13/h3-5H,1-2H3. The molecule has 78 valence electrons. The Kier molecular flexibility index (Phi) is 3.19. The fraction of sp³-hybridized carbons (Fsp3) is 0.444. The van der Waals surface area contributed by atoms with Gasteiger partial charge in [0.1, 0.15) is 5.69 Å². The molecule has 0 bridgehead atoms. The highest BCUT2D eigenvalue weighted by atomic mass is 79.9. The van der Waals surface area contributed by atoms with Gasteiger partial charge in [-0.2, -0.15) is 13.2 Å². The van der Waals surface area contributed by atoms with Crippen molar-refractivity contribution in [2.24, 2.45) is 0 Å². The number of nitrogens with zero attached hydrogens (tertiary/aromatic N) is 1. The van der Waals surface area contributed by atoms with Crippen molar-refractivity contribution in [3.63, 3.8) is 0 Å². The van der Waals surface area contributed by atoms with Gasteiger partial charge in [0, 0.05) is 10.7 Å². The number of alkyl halides is 3. The topological polar surface area (TPSA) is 12.9 Å². The van der Waals surface area contributed by atoms with Gasteiger partial charge in [-0.1, -0.05) is 13.8 Å². The summed E-state index contributed by atoms with van der Waals surface area (Å²) in [7, 11) is 0. The summed E-state index contributed by atoms with van der Waals surface area (Å²) in [6, 6.07) is 1.46. The maximum atomic E-state index is 12.5. The molecule has 0 saturated heterocycles. The van der Waals surface area contributed by atoms with Crippen LogP contribution in [0, 0.1) is 0 Å². The molecule has 1 heterocycles. The van der Waals surface area contributed by atoms with Crippen molar-refractivity contribution in [2.45, 2.75) is 25.9 Å². The molecule has 0 N–H and O–H groups in total. The molecule has 0 aromatic carbocycles. The first kappa shape index (κ1) is 11.5. The molecule has 0 unspecified atom stereocenters. The van der Waals surface area contributed by atoms with Crippen LogP contribution in [0.15, 0.2) is 16.7 Å². The van der Waals surface area contributed by atoms with E-state index < -0.39 is 11.9 Å². The summed E-state index contributed by atoms with van der Waals surface area (Å²) in [5.74, 6) is -0.198. The van der Waals surface area contributed by atoms with Crippen LogP contribution in [0.4, 0.5) is 13.2 Å². The minimum atomic E-state index is -4.37. The van der Waals surface area contributed by atoms with Crippen molar-refractivity contribution in [2.75, 3.05) is 0 Å². The molecule has 0 radical (unpaired) electrons. The Morgan fingerprint density at radius 2 is 1.93 bits per heavy atom. The second kappa shape index (κ2) is 3.88. The van der Waals surface area contributed by atoms with E-state index >= 15 is 0 Å².